The zero-order valence-corrected chi connectivity index (χ0v) is 19.4. The van der Waals surface area contributed by atoms with Gasteiger partial charge in [-0.05, 0) is 51.0 Å². The minimum atomic E-state index is -0.607. The van der Waals surface area contributed by atoms with E-state index < -0.39 is 17.7 Å². The highest BCUT2D eigenvalue weighted by Crippen LogP contribution is 2.25. The molecule has 0 spiro atoms. The van der Waals surface area contributed by atoms with Gasteiger partial charge in [0.1, 0.15) is 11.6 Å². The van der Waals surface area contributed by atoms with Crippen LogP contribution in [-0.4, -0.2) is 33.6 Å². The van der Waals surface area contributed by atoms with E-state index in [4.69, 9.17) is 9.15 Å². The molecular formula is C19H25BrN4O4S. The fraction of sp³-hybridized carbons (Fsp3) is 0.474. The average Bonchev–Trinajstić information content (AvgIpc) is 3.07. The number of hydrogen-bond acceptors (Lipinski definition) is 7. The number of hydrogen-bond donors (Lipinski definition) is 2. The summed E-state index contributed by atoms with van der Waals surface area (Å²) in [6.07, 6.45) is -0.558. The second kappa shape index (κ2) is 10.1. The van der Waals surface area contributed by atoms with Gasteiger partial charge in [-0.3, -0.25) is 4.79 Å². The van der Waals surface area contributed by atoms with Crippen molar-refractivity contribution >= 4 is 45.4 Å². The number of alkyl carbamates (subject to hydrolysis) is 1. The molecule has 2 N–H and O–H groups in total. The lowest BCUT2D eigenvalue weighted by Crippen LogP contribution is -2.37. The highest BCUT2D eigenvalue weighted by molar-refractivity contribution is 9.10. The number of aromatic nitrogens is 2. The van der Waals surface area contributed by atoms with Gasteiger partial charge in [0.15, 0.2) is 0 Å². The number of nitrogens with zero attached hydrogens (tertiary/aromatic N) is 2. The number of carbonyl (C=O) groups is 2. The van der Waals surface area contributed by atoms with Crippen LogP contribution in [0.3, 0.4) is 0 Å². The highest BCUT2D eigenvalue weighted by Gasteiger charge is 2.27. The topological polar surface area (TPSA) is 106 Å². The fourth-order valence-electron chi connectivity index (χ4n) is 2.21. The predicted octanol–water partition coefficient (Wildman–Crippen LogP) is 4.78. The SMILES string of the molecule is CC(C)[C@@H](NC(=O)OC(C)(C)C)c1nnc(SCC(=O)Nc2ccc(Br)cc2)o1. The third-order valence-corrected chi connectivity index (χ3v) is 4.83. The van der Waals surface area contributed by atoms with E-state index in [1.807, 2.05) is 26.0 Å². The molecule has 0 aliphatic rings. The van der Waals surface area contributed by atoms with E-state index >= 15 is 0 Å². The van der Waals surface area contributed by atoms with Crippen molar-refractivity contribution in [1.29, 1.82) is 0 Å². The Labute approximate surface area is 182 Å². The summed E-state index contributed by atoms with van der Waals surface area (Å²) in [5.74, 6) is 0.191. The van der Waals surface area contributed by atoms with E-state index in [-0.39, 0.29) is 28.7 Å². The van der Waals surface area contributed by atoms with Crippen LogP contribution in [0.5, 0.6) is 0 Å². The molecule has 0 fully saturated rings. The Kier molecular flexibility index (Phi) is 8.09. The van der Waals surface area contributed by atoms with Gasteiger partial charge in [-0.1, -0.05) is 41.5 Å². The normalized spacial score (nSPS) is 12.5. The first-order valence-corrected chi connectivity index (χ1v) is 10.8. The van der Waals surface area contributed by atoms with Crippen molar-refractivity contribution in [2.45, 2.75) is 51.5 Å². The number of rotatable bonds is 7. The summed E-state index contributed by atoms with van der Waals surface area (Å²) in [5.41, 5.74) is 0.0929. The van der Waals surface area contributed by atoms with Crippen LogP contribution in [0.2, 0.25) is 0 Å². The number of amides is 2. The van der Waals surface area contributed by atoms with Crippen LogP contribution < -0.4 is 10.6 Å². The maximum atomic E-state index is 12.1. The molecule has 0 unspecified atom stereocenters. The lowest BCUT2D eigenvalue weighted by molar-refractivity contribution is -0.113. The first-order chi connectivity index (χ1) is 13.5. The van der Waals surface area contributed by atoms with Gasteiger partial charge < -0.3 is 19.8 Å². The number of anilines is 1. The van der Waals surface area contributed by atoms with Gasteiger partial charge in [-0.2, -0.15) is 0 Å². The molecule has 0 aliphatic heterocycles. The fourth-order valence-corrected chi connectivity index (χ4v) is 3.04. The summed E-state index contributed by atoms with van der Waals surface area (Å²) in [5, 5.41) is 13.8. The number of nitrogens with one attached hydrogen (secondary N) is 2. The first kappa shape index (κ1) is 23.2. The van der Waals surface area contributed by atoms with E-state index in [1.54, 1.807) is 32.9 Å². The van der Waals surface area contributed by atoms with Crippen molar-refractivity contribution in [2.75, 3.05) is 11.1 Å². The number of ether oxygens (including phenoxy) is 1. The molecule has 0 bridgehead atoms. The largest absolute Gasteiger partial charge is 0.444 e. The van der Waals surface area contributed by atoms with Crippen molar-refractivity contribution in [3.8, 4) is 0 Å². The maximum absolute atomic E-state index is 12.1. The van der Waals surface area contributed by atoms with Gasteiger partial charge in [0.2, 0.25) is 11.8 Å². The molecule has 2 aromatic rings. The molecule has 29 heavy (non-hydrogen) atoms. The van der Waals surface area contributed by atoms with Gasteiger partial charge >= 0.3 is 6.09 Å². The first-order valence-electron chi connectivity index (χ1n) is 9.04. The standard InChI is InChI=1S/C19H25BrN4O4S/c1-11(2)15(22-17(26)28-19(3,4)5)16-23-24-18(27-16)29-10-14(25)21-13-8-6-12(20)7-9-13/h6-9,11,15H,10H2,1-5H3,(H,21,25)(H,22,26)/t15-/m1/s1. The molecule has 10 heteroatoms. The van der Waals surface area contributed by atoms with Crippen LogP contribution in [0.4, 0.5) is 10.5 Å². The van der Waals surface area contributed by atoms with Crippen molar-refractivity contribution < 1.29 is 18.7 Å². The minimum absolute atomic E-state index is 0.00141. The summed E-state index contributed by atoms with van der Waals surface area (Å²) in [6, 6.07) is 6.79. The summed E-state index contributed by atoms with van der Waals surface area (Å²) >= 11 is 4.47. The summed E-state index contributed by atoms with van der Waals surface area (Å²) in [4.78, 5) is 24.2. The lowest BCUT2D eigenvalue weighted by Gasteiger charge is -2.23. The van der Waals surface area contributed by atoms with Gasteiger partial charge in [-0.15, -0.1) is 10.2 Å². The number of thioether (sulfide) groups is 1. The van der Waals surface area contributed by atoms with E-state index in [9.17, 15) is 9.59 Å². The average molecular weight is 485 g/mol. The Bertz CT molecular complexity index is 833. The van der Waals surface area contributed by atoms with Gasteiger partial charge in [0, 0.05) is 10.2 Å². The second-order valence-electron chi connectivity index (χ2n) is 7.62. The zero-order valence-electron chi connectivity index (χ0n) is 17.0. The Morgan fingerprint density at radius 3 is 2.45 bits per heavy atom. The van der Waals surface area contributed by atoms with E-state index in [2.05, 4.69) is 36.8 Å². The van der Waals surface area contributed by atoms with Crippen LogP contribution in [0, 0.1) is 5.92 Å². The Hall–Kier alpha value is -2.07. The molecule has 158 valence electrons. The second-order valence-corrected chi connectivity index (χ2v) is 9.46. The molecule has 8 nitrogen and oxygen atoms in total. The molecule has 1 aromatic heterocycles. The van der Waals surface area contributed by atoms with Crippen LogP contribution in [0.1, 0.15) is 46.6 Å². The number of carbonyl (C=O) groups excluding carboxylic acids is 2. The summed E-state index contributed by atoms with van der Waals surface area (Å²) in [6.45, 7) is 9.21. The Balaban J connectivity index is 1.92. The van der Waals surface area contributed by atoms with Crippen molar-refractivity contribution in [3.63, 3.8) is 0 Å². The number of benzene rings is 1. The molecule has 2 amide bonds. The zero-order chi connectivity index (χ0) is 21.6. The van der Waals surface area contributed by atoms with Crippen LogP contribution in [0.25, 0.3) is 0 Å². The van der Waals surface area contributed by atoms with E-state index in [0.717, 1.165) is 16.2 Å². The Morgan fingerprint density at radius 1 is 1.21 bits per heavy atom. The quantitative estimate of drug-likeness (QED) is 0.544. The van der Waals surface area contributed by atoms with Gasteiger partial charge in [0.05, 0.1) is 5.75 Å². The summed E-state index contributed by atoms with van der Waals surface area (Å²) in [7, 11) is 0. The van der Waals surface area contributed by atoms with Crippen molar-refractivity contribution in [1.82, 2.24) is 15.5 Å². The molecule has 0 saturated carbocycles. The smallest absolute Gasteiger partial charge is 0.408 e. The predicted molar refractivity (Wildman–Crippen MR) is 115 cm³/mol. The molecule has 1 atom stereocenters. The lowest BCUT2D eigenvalue weighted by atomic mass is 10.1. The molecule has 0 radical (unpaired) electrons. The van der Waals surface area contributed by atoms with Crippen LogP contribution in [0.15, 0.2) is 38.4 Å². The van der Waals surface area contributed by atoms with Crippen LogP contribution >= 0.6 is 27.7 Å². The van der Waals surface area contributed by atoms with Crippen molar-refractivity contribution in [2.24, 2.45) is 5.92 Å². The summed E-state index contributed by atoms with van der Waals surface area (Å²) < 4.78 is 11.9. The third kappa shape index (κ3) is 8.06. The third-order valence-electron chi connectivity index (χ3n) is 3.48. The number of halogens is 1. The van der Waals surface area contributed by atoms with Gasteiger partial charge in [-0.25, -0.2) is 4.79 Å². The van der Waals surface area contributed by atoms with E-state index in [0.29, 0.717) is 5.69 Å². The highest BCUT2D eigenvalue weighted by atomic mass is 79.9. The van der Waals surface area contributed by atoms with E-state index in [1.165, 1.54) is 0 Å². The molecular weight excluding hydrogens is 460 g/mol. The monoisotopic (exact) mass is 484 g/mol. The maximum Gasteiger partial charge on any atom is 0.408 e. The van der Waals surface area contributed by atoms with Crippen molar-refractivity contribution in [3.05, 3.63) is 34.6 Å². The molecule has 1 aromatic carbocycles. The van der Waals surface area contributed by atoms with Crippen LogP contribution in [-0.2, 0) is 9.53 Å². The molecule has 2 rings (SSSR count). The molecule has 0 saturated heterocycles. The van der Waals surface area contributed by atoms with Gasteiger partial charge in [0.25, 0.3) is 5.22 Å². The molecule has 1 heterocycles. The minimum Gasteiger partial charge on any atom is -0.444 e. The molecule has 0 aliphatic carbocycles. The Morgan fingerprint density at radius 2 is 1.86 bits per heavy atom.